The number of allylic oxidation sites excluding steroid dienone is 2. The van der Waals surface area contributed by atoms with Crippen molar-refractivity contribution >= 4 is 6.29 Å². The van der Waals surface area contributed by atoms with E-state index in [2.05, 4.69) is 19.1 Å². The second-order valence-corrected chi connectivity index (χ2v) is 3.38. The lowest BCUT2D eigenvalue weighted by Gasteiger charge is -2.30. The Labute approximate surface area is 62.1 Å². The molecule has 1 heteroatoms. The van der Waals surface area contributed by atoms with E-state index >= 15 is 0 Å². The van der Waals surface area contributed by atoms with Crippen molar-refractivity contribution in [2.75, 3.05) is 0 Å². The fourth-order valence-corrected chi connectivity index (χ4v) is 1.31. The van der Waals surface area contributed by atoms with Crippen molar-refractivity contribution in [2.24, 2.45) is 11.3 Å². The second kappa shape index (κ2) is 2.57. The highest BCUT2D eigenvalue weighted by Gasteiger charge is 2.30. The standard InChI is InChI=1S/C9H14O/c1-8-5-3-4-6-9(8,2)7-10/h3,5,7-8H,4,6H2,1-2H3/t8-,9+/m0/s1. The van der Waals surface area contributed by atoms with Crippen molar-refractivity contribution in [3.8, 4) is 0 Å². The Hall–Kier alpha value is -0.590. The summed E-state index contributed by atoms with van der Waals surface area (Å²) in [5.74, 6) is 0.416. The number of rotatable bonds is 1. The molecule has 0 N–H and O–H groups in total. The molecule has 2 atom stereocenters. The Morgan fingerprint density at radius 3 is 2.80 bits per heavy atom. The van der Waals surface area contributed by atoms with Gasteiger partial charge in [0.1, 0.15) is 6.29 Å². The third-order valence-electron chi connectivity index (χ3n) is 2.58. The van der Waals surface area contributed by atoms with Crippen LogP contribution in [0.15, 0.2) is 12.2 Å². The van der Waals surface area contributed by atoms with Gasteiger partial charge in [-0.05, 0) is 18.8 Å². The summed E-state index contributed by atoms with van der Waals surface area (Å²) in [7, 11) is 0. The van der Waals surface area contributed by atoms with Crippen LogP contribution < -0.4 is 0 Å². The first-order valence-electron chi connectivity index (χ1n) is 3.82. The first-order valence-corrected chi connectivity index (χ1v) is 3.82. The summed E-state index contributed by atoms with van der Waals surface area (Å²) in [5.41, 5.74) is -0.0885. The highest BCUT2D eigenvalue weighted by Crippen LogP contribution is 2.34. The van der Waals surface area contributed by atoms with Crippen LogP contribution in [0.4, 0.5) is 0 Å². The largest absolute Gasteiger partial charge is 0.303 e. The average Bonchev–Trinajstić information content (AvgIpc) is 1.96. The van der Waals surface area contributed by atoms with E-state index in [1.807, 2.05) is 6.92 Å². The SMILES string of the molecule is C[C@H]1C=CCC[C@]1(C)C=O. The van der Waals surface area contributed by atoms with Gasteiger partial charge >= 0.3 is 0 Å². The third-order valence-corrected chi connectivity index (χ3v) is 2.58. The molecule has 0 radical (unpaired) electrons. The van der Waals surface area contributed by atoms with Gasteiger partial charge in [-0.1, -0.05) is 26.0 Å². The lowest BCUT2D eigenvalue weighted by atomic mass is 9.73. The minimum Gasteiger partial charge on any atom is -0.303 e. The molecule has 1 aliphatic rings. The van der Waals surface area contributed by atoms with Crippen LogP contribution in [0.1, 0.15) is 26.7 Å². The highest BCUT2D eigenvalue weighted by molar-refractivity contribution is 5.60. The fraction of sp³-hybridized carbons (Fsp3) is 0.667. The van der Waals surface area contributed by atoms with Crippen LogP contribution in [0.2, 0.25) is 0 Å². The Kier molecular flexibility index (Phi) is 1.93. The molecule has 0 amide bonds. The number of hydrogen-bond donors (Lipinski definition) is 0. The van der Waals surface area contributed by atoms with Crippen molar-refractivity contribution in [1.29, 1.82) is 0 Å². The predicted octanol–water partition coefficient (Wildman–Crippen LogP) is 2.18. The molecule has 0 saturated heterocycles. The van der Waals surface area contributed by atoms with Gasteiger partial charge < -0.3 is 4.79 Å². The van der Waals surface area contributed by atoms with Crippen molar-refractivity contribution in [2.45, 2.75) is 26.7 Å². The smallest absolute Gasteiger partial charge is 0.126 e. The maximum atomic E-state index is 10.7. The first-order chi connectivity index (χ1) is 4.69. The summed E-state index contributed by atoms with van der Waals surface area (Å²) < 4.78 is 0. The Balaban J connectivity index is 2.77. The normalized spacial score (nSPS) is 39.6. The Bertz CT molecular complexity index is 160. The zero-order valence-corrected chi connectivity index (χ0v) is 6.63. The molecule has 0 fully saturated rings. The van der Waals surface area contributed by atoms with Gasteiger partial charge in [0.15, 0.2) is 0 Å². The number of carbonyl (C=O) groups is 1. The third kappa shape index (κ3) is 1.13. The van der Waals surface area contributed by atoms with Gasteiger partial charge in [0.25, 0.3) is 0 Å². The molecular formula is C9H14O. The second-order valence-electron chi connectivity index (χ2n) is 3.38. The summed E-state index contributed by atoms with van der Waals surface area (Å²) in [6.07, 6.45) is 7.46. The zero-order chi connectivity index (χ0) is 7.61. The number of hydrogen-bond acceptors (Lipinski definition) is 1. The molecule has 0 saturated carbocycles. The summed E-state index contributed by atoms with van der Waals surface area (Å²) in [4.78, 5) is 10.7. The van der Waals surface area contributed by atoms with E-state index in [-0.39, 0.29) is 5.41 Å². The van der Waals surface area contributed by atoms with Gasteiger partial charge in [-0.25, -0.2) is 0 Å². The van der Waals surface area contributed by atoms with Crippen molar-refractivity contribution in [3.63, 3.8) is 0 Å². The maximum absolute atomic E-state index is 10.7. The molecule has 0 bridgehead atoms. The minimum atomic E-state index is -0.0885. The van der Waals surface area contributed by atoms with Gasteiger partial charge in [-0.2, -0.15) is 0 Å². The van der Waals surface area contributed by atoms with Crippen LogP contribution in [0, 0.1) is 11.3 Å². The van der Waals surface area contributed by atoms with Crippen LogP contribution in [0.25, 0.3) is 0 Å². The lowest BCUT2D eigenvalue weighted by molar-refractivity contribution is -0.117. The Morgan fingerprint density at radius 2 is 2.40 bits per heavy atom. The van der Waals surface area contributed by atoms with E-state index < -0.39 is 0 Å². The molecule has 10 heavy (non-hydrogen) atoms. The molecule has 56 valence electrons. The fourth-order valence-electron chi connectivity index (χ4n) is 1.31. The molecule has 0 heterocycles. The van der Waals surface area contributed by atoms with E-state index in [1.165, 1.54) is 0 Å². The van der Waals surface area contributed by atoms with Gasteiger partial charge in [0, 0.05) is 5.41 Å². The molecule has 0 unspecified atom stereocenters. The molecule has 0 aliphatic heterocycles. The number of carbonyl (C=O) groups excluding carboxylic acids is 1. The van der Waals surface area contributed by atoms with Crippen LogP contribution in [0.3, 0.4) is 0 Å². The quantitative estimate of drug-likeness (QED) is 0.401. The summed E-state index contributed by atoms with van der Waals surface area (Å²) in [5, 5.41) is 0. The van der Waals surface area contributed by atoms with Crippen LogP contribution in [-0.4, -0.2) is 6.29 Å². The summed E-state index contributed by atoms with van der Waals surface area (Å²) in [6.45, 7) is 4.14. The van der Waals surface area contributed by atoms with Gasteiger partial charge in [-0.15, -0.1) is 0 Å². The van der Waals surface area contributed by atoms with Crippen LogP contribution >= 0.6 is 0 Å². The van der Waals surface area contributed by atoms with E-state index in [1.54, 1.807) is 0 Å². The summed E-state index contributed by atoms with van der Waals surface area (Å²) in [6, 6.07) is 0. The van der Waals surface area contributed by atoms with Gasteiger partial charge in [0.2, 0.25) is 0 Å². The number of aldehydes is 1. The molecule has 0 aromatic heterocycles. The van der Waals surface area contributed by atoms with E-state index in [9.17, 15) is 4.79 Å². The molecular weight excluding hydrogens is 124 g/mol. The molecule has 1 nitrogen and oxygen atoms in total. The zero-order valence-electron chi connectivity index (χ0n) is 6.63. The monoisotopic (exact) mass is 138 g/mol. The van der Waals surface area contributed by atoms with Crippen molar-refractivity contribution in [1.82, 2.24) is 0 Å². The van der Waals surface area contributed by atoms with Gasteiger partial charge in [-0.3, -0.25) is 0 Å². The maximum Gasteiger partial charge on any atom is 0.126 e. The van der Waals surface area contributed by atoms with Crippen LogP contribution in [-0.2, 0) is 4.79 Å². The van der Waals surface area contributed by atoms with Gasteiger partial charge in [0.05, 0.1) is 0 Å². The molecule has 0 aromatic rings. The highest BCUT2D eigenvalue weighted by atomic mass is 16.1. The Morgan fingerprint density at radius 1 is 1.70 bits per heavy atom. The van der Waals surface area contributed by atoms with E-state index in [0.717, 1.165) is 19.1 Å². The van der Waals surface area contributed by atoms with E-state index in [0.29, 0.717) is 5.92 Å². The minimum absolute atomic E-state index is 0.0885. The van der Waals surface area contributed by atoms with Crippen LogP contribution in [0.5, 0.6) is 0 Å². The molecule has 0 aromatic carbocycles. The van der Waals surface area contributed by atoms with Crippen molar-refractivity contribution in [3.05, 3.63) is 12.2 Å². The molecule has 0 spiro atoms. The topological polar surface area (TPSA) is 17.1 Å². The first kappa shape index (κ1) is 7.52. The van der Waals surface area contributed by atoms with Crippen molar-refractivity contribution < 1.29 is 4.79 Å². The molecule has 1 rings (SSSR count). The average molecular weight is 138 g/mol. The molecule has 1 aliphatic carbocycles. The predicted molar refractivity (Wildman–Crippen MR) is 41.7 cm³/mol. The summed E-state index contributed by atoms with van der Waals surface area (Å²) >= 11 is 0. The van der Waals surface area contributed by atoms with E-state index in [4.69, 9.17) is 0 Å². The lowest BCUT2D eigenvalue weighted by Crippen LogP contribution is -2.27.